The Morgan fingerprint density at radius 1 is 1.53 bits per heavy atom. The first-order valence-electron chi connectivity index (χ1n) is 4.82. The molecule has 1 atom stereocenters. The number of hydrogen-bond acceptors (Lipinski definition) is 3. The van der Waals surface area contributed by atoms with Crippen LogP contribution >= 0.6 is 0 Å². The number of benzene rings is 1. The average Bonchev–Trinajstić information content (AvgIpc) is 2.18. The van der Waals surface area contributed by atoms with Crippen molar-refractivity contribution in [3.63, 3.8) is 0 Å². The molecule has 0 aromatic heterocycles. The zero-order valence-corrected chi connectivity index (χ0v) is 9.09. The van der Waals surface area contributed by atoms with Gasteiger partial charge in [0.15, 0.2) is 0 Å². The molecule has 84 valence electrons. The molecule has 0 bridgehead atoms. The molecule has 4 heteroatoms. The van der Waals surface area contributed by atoms with Gasteiger partial charge in [0.2, 0.25) is 0 Å². The van der Waals surface area contributed by atoms with Crippen LogP contribution in [0.2, 0.25) is 0 Å². The zero-order chi connectivity index (χ0) is 11.3. The summed E-state index contributed by atoms with van der Waals surface area (Å²) in [6.45, 7) is 2.82. The van der Waals surface area contributed by atoms with E-state index in [9.17, 15) is 4.39 Å². The van der Waals surface area contributed by atoms with Crippen LogP contribution in [-0.4, -0.2) is 25.8 Å². The van der Waals surface area contributed by atoms with Gasteiger partial charge < -0.3 is 15.8 Å². The molecule has 0 aliphatic carbocycles. The first-order valence-corrected chi connectivity index (χ1v) is 4.82. The Kier molecular flexibility index (Phi) is 4.05. The summed E-state index contributed by atoms with van der Waals surface area (Å²) in [5, 5.41) is 3.16. The summed E-state index contributed by atoms with van der Waals surface area (Å²) < 4.78 is 18.0. The normalized spacial score (nSPS) is 14.7. The number of anilines is 1. The third kappa shape index (κ3) is 3.49. The predicted octanol–water partition coefficient (Wildman–Crippen LogP) is 1.60. The molecule has 0 radical (unpaired) electrons. The Balaban J connectivity index is 2.74. The molecule has 1 aromatic carbocycles. The first kappa shape index (κ1) is 11.9. The number of ether oxygens (including phenoxy) is 1. The summed E-state index contributed by atoms with van der Waals surface area (Å²) in [5.74, 6) is -0.267. The van der Waals surface area contributed by atoms with E-state index in [0.29, 0.717) is 18.8 Å². The van der Waals surface area contributed by atoms with Crippen LogP contribution in [0, 0.1) is 5.82 Å². The number of halogens is 1. The molecule has 0 saturated carbocycles. The van der Waals surface area contributed by atoms with Gasteiger partial charge in [0, 0.05) is 19.3 Å². The number of hydrogen-bond donors (Lipinski definition) is 2. The highest BCUT2D eigenvalue weighted by Crippen LogP contribution is 2.15. The number of methoxy groups -OCH3 is 1. The number of rotatable bonds is 5. The van der Waals surface area contributed by atoms with Gasteiger partial charge in [0.25, 0.3) is 0 Å². The van der Waals surface area contributed by atoms with Crippen LogP contribution in [0.25, 0.3) is 0 Å². The van der Waals surface area contributed by atoms with E-state index in [1.54, 1.807) is 19.2 Å². The predicted molar refractivity (Wildman–Crippen MR) is 59.4 cm³/mol. The molecule has 3 nitrogen and oxygen atoms in total. The lowest BCUT2D eigenvalue weighted by atomic mass is 10.0. The minimum Gasteiger partial charge on any atom is -0.382 e. The van der Waals surface area contributed by atoms with E-state index in [-0.39, 0.29) is 11.4 Å². The minimum atomic E-state index is -0.372. The lowest BCUT2D eigenvalue weighted by Gasteiger charge is -2.29. The summed E-state index contributed by atoms with van der Waals surface area (Å²) in [6.07, 6.45) is 0. The van der Waals surface area contributed by atoms with Crippen molar-refractivity contribution in [3.05, 3.63) is 30.1 Å². The maximum atomic E-state index is 12.9. The highest BCUT2D eigenvalue weighted by atomic mass is 19.1. The van der Waals surface area contributed by atoms with Crippen molar-refractivity contribution in [1.82, 2.24) is 0 Å². The molecule has 1 aromatic rings. The number of nitrogens with two attached hydrogens (primary N) is 1. The molecule has 0 amide bonds. The summed E-state index contributed by atoms with van der Waals surface area (Å²) in [7, 11) is 1.61. The molecule has 15 heavy (non-hydrogen) atoms. The Morgan fingerprint density at radius 3 is 2.80 bits per heavy atom. The second-order valence-electron chi connectivity index (χ2n) is 3.83. The molecule has 3 N–H and O–H groups in total. The smallest absolute Gasteiger partial charge is 0.125 e. The second-order valence-corrected chi connectivity index (χ2v) is 3.83. The third-order valence-electron chi connectivity index (χ3n) is 2.18. The maximum Gasteiger partial charge on any atom is 0.125 e. The Hall–Kier alpha value is -1.13. The van der Waals surface area contributed by atoms with Crippen LogP contribution in [0.1, 0.15) is 6.92 Å². The highest BCUT2D eigenvalue weighted by Gasteiger charge is 2.21. The zero-order valence-electron chi connectivity index (χ0n) is 9.09. The molecule has 0 aliphatic heterocycles. The van der Waals surface area contributed by atoms with Gasteiger partial charge in [-0.2, -0.15) is 0 Å². The van der Waals surface area contributed by atoms with Crippen LogP contribution in [0.3, 0.4) is 0 Å². The summed E-state index contributed by atoms with van der Waals surface area (Å²) in [4.78, 5) is 0. The van der Waals surface area contributed by atoms with Crippen LogP contribution < -0.4 is 11.1 Å². The fourth-order valence-corrected chi connectivity index (χ4v) is 1.38. The van der Waals surface area contributed by atoms with Crippen molar-refractivity contribution in [2.45, 2.75) is 12.5 Å². The summed E-state index contributed by atoms with van der Waals surface area (Å²) in [6, 6.07) is 6.29. The van der Waals surface area contributed by atoms with Gasteiger partial charge in [-0.15, -0.1) is 0 Å². The average molecular weight is 212 g/mol. The van der Waals surface area contributed by atoms with Crippen molar-refractivity contribution < 1.29 is 9.13 Å². The Morgan fingerprint density at radius 2 is 2.27 bits per heavy atom. The molecule has 0 spiro atoms. The standard InChI is InChI=1S/C11H17FN2O/c1-11(7-13,8-15-2)14-10-5-3-4-9(12)6-10/h3-6,14H,7-8,13H2,1-2H3. The number of nitrogens with one attached hydrogen (secondary N) is 1. The first-order chi connectivity index (χ1) is 7.09. The quantitative estimate of drug-likeness (QED) is 0.779. The van der Waals surface area contributed by atoms with Gasteiger partial charge in [0.05, 0.1) is 12.1 Å². The van der Waals surface area contributed by atoms with Crippen molar-refractivity contribution >= 4 is 5.69 Å². The van der Waals surface area contributed by atoms with Gasteiger partial charge in [-0.25, -0.2) is 4.39 Å². The second kappa shape index (κ2) is 5.09. The monoisotopic (exact) mass is 212 g/mol. The summed E-state index contributed by atoms with van der Waals surface area (Å²) >= 11 is 0. The van der Waals surface area contributed by atoms with E-state index < -0.39 is 0 Å². The fourth-order valence-electron chi connectivity index (χ4n) is 1.38. The molecule has 0 heterocycles. The summed E-state index contributed by atoms with van der Waals surface area (Å²) in [5.41, 5.74) is 5.98. The van der Waals surface area contributed by atoms with Gasteiger partial charge in [0.1, 0.15) is 5.82 Å². The van der Waals surface area contributed by atoms with E-state index in [1.165, 1.54) is 12.1 Å². The van der Waals surface area contributed by atoms with Crippen molar-refractivity contribution in [1.29, 1.82) is 0 Å². The molecular weight excluding hydrogens is 195 g/mol. The molecular formula is C11H17FN2O. The lowest BCUT2D eigenvalue weighted by molar-refractivity contribution is 0.153. The van der Waals surface area contributed by atoms with Crippen LogP contribution in [0.5, 0.6) is 0 Å². The SMILES string of the molecule is COCC(C)(CN)Nc1cccc(F)c1. The molecule has 0 aliphatic rings. The third-order valence-corrected chi connectivity index (χ3v) is 2.18. The van der Waals surface area contributed by atoms with Crippen molar-refractivity contribution in [2.24, 2.45) is 5.73 Å². The lowest BCUT2D eigenvalue weighted by Crippen LogP contribution is -2.46. The van der Waals surface area contributed by atoms with E-state index in [0.717, 1.165) is 0 Å². The van der Waals surface area contributed by atoms with Gasteiger partial charge >= 0.3 is 0 Å². The molecule has 1 unspecified atom stereocenters. The van der Waals surface area contributed by atoms with Gasteiger partial charge in [-0.3, -0.25) is 0 Å². The van der Waals surface area contributed by atoms with Crippen molar-refractivity contribution in [3.8, 4) is 0 Å². The topological polar surface area (TPSA) is 47.3 Å². The fraction of sp³-hybridized carbons (Fsp3) is 0.455. The molecule has 0 fully saturated rings. The van der Waals surface area contributed by atoms with Crippen LogP contribution in [-0.2, 0) is 4.74 Å². The van der Waals surface area contributed by atoms with E-state index in [4.69, 9.17) is 10.5 Å². The van der Waals surface area contributed by atoms with Crippen molar-refractivity contribution in [2.75, 3.05) is 25.6 Å². The van der Waals surface area contributed by atoms with E-state index in [2.05, 4.69) is 5.32 Å². The highest BCUT2D eigenvalue weighted by molar-refractivity contribution is 5.45. The van der Waals surface area contributed by atoms with Crippen LogP contribution in [0.4, 0.5) is 10.1 Å². The van der Waals surface area contributed by atoms with Gasteiger partial charge in [-0.1, -0.05) is 6.07 Å². The van der Waals surface area contributed by atoms with E-state index >= 15 is 0 Å². The Bertz CT molecular complexity index is 319. The molecule has 1 rings (SSSR count). The maximum absolute atomic E-state index is 12.9. The van der Waals surface area contributed by atoms with Crippen LogP contribution in [0.15, 0.2) is 24.3 Å². The Labute approximate surface area is 89.4 Å². The molecule has 0 saturated heterocycles. The van der Waals surface area contributed by atoms with Gasteiger partial charge in [-0.05, 0) is 25.1 Å². The van der Waals surface area contributed by atoms with E-state index in [1.807, 2.05) is 6.92 Å². The minimum absolute atomic E-state index is 0.267. The largest absolute Gasteiger partial charge is 0.382 e.